The Morgan fingerprint density at radius 3 is 2.93 bits per heavy atom. The minimum Gasteiger partial charge on any atom is -0.369 e. The molecular weight excluding hydrogens is 194 g/mol. The largest absolute Gasteiger partial charge is 0.369 e. The Morgan fingerprint density at radius 2 is 2.14 bits per heavy atom. The van der Waals surface area contributed by atoms with E-state index in [-0.39, 0.29) is 5.91 Å². The lowest BCUT2D eigenvalue weighted by Crippen LogP contribution is -2.12. The summed E-state index contributed by atoms with van der Waals surface area (Å²) in [6, 6.07) is 6.44. The van der Waals surface area contributed by atoms with Crippen LogP contribution in [0.15, 0.2) is 23.1 Å². The van der Waals surface area contributed by atoms with Crippen molar-refractivity contribution < 1.29 is 4.79 Å². The third-order valence-corrected chi connectivity index (χ3v) is 3.47. The van der Waals surface area contributed by atoms with Crippen molar-refractivity contribution >= 4 is 17.7 Å². The predicted molar refractivity (Wildman–Crippen MR) is 58.4 cm³/mol. The Balaban J connectivity index is 2.09. The highest BCUT2D eigenvalue weighted by Gasteiger charge is 2.10. The third-order valence-electron chi connectivity index (χ3n) is 2.45. The van der Waals surface area contributed by atoms with Gasteiger partial charge in [-0.1, -0.05) is 6.07 Å². The van der Waals surface area contributed by atoms with Crippen molar-refractivity contribution in [1.82, 2.24) is 0 Å². The molecule has 0 bridgehead atoms. The van der Waals surface area contributed by atoms with Gasteiger partial charge in [-0.05, 0) is 42.5 Å². The molecule has 0 spiro atoms. The summed E-state index contributed by atoms with van der Waals surface area (Å²) in [6.07, 6.45) is 3.65. The lowest BCUT2D eigenvalue weighted by Gasteiger charge is -2.02. The van der Waals surface area contributed by atoms with Crippen LogP contribution >= 0.6 is 11.8 Å². The molecule has 0 radical (unpaired) electrons. The minimum atomic E-state index is -0.254. The number of primary amides is 1. The fraction of sp³-hybridized carbons (Fsp3) is 0.364. The fourth-order valence-corrected chi connectivity index (χ4v) is 2.49. The highest BCUT2D eigenvalue weighted by molar-refractivity contribution is 8.00. The van der Waals surface area contributed by atoms with Gasteiger partial charge in [-0.2, -0.15) is 0 Å². The fourth-order valence-electron chi connectivity index (χ4n) is 1.79. The Kier molecular flexibility index (Phi) is 2.77. The number of amides is 1. The summed E-state index contributed by atoms with van der Waals surface area (Å²) in [5.41, 5.74) is 8.00. The zero-order valence-corrected chi connectivity index (χ0v) is 8.77. The van der Waals surface area contributed by atoms with Crippen LogP contribution in [0.5, 0.6) is 0 Å². The van der Waals surface area contributed by atoms with E-state index in [1.165, 1.54) is 42.2 Å². The van der Waals surface area contributed by atoms with Gasteiger partial charge in [-0.15, -0.1) is 11.8 Å². The molecule has 1 aliphatic carbocycles. The quantitative estimate of drug-likeness (QED) is 0.767. The van der Waals surface area contributed by atoms with Crippen LogP contribution in [-0.2, 0) is 17.6 Å². The van der Waals surface area contributed by atoms with E-state index in [0.717, 1.165) is 4.90 Å². The zero-order chi connectivity index (χ0) is 9.97. The van der Waals surface area contributed by atoms with E-state index in [0.29, 0.717) is 5.75 Å². The van der Waals surface area contributed by atoms with Gasteiger partial charge in [0, 0.05) is 4.90 Å². The number of nitrogens with two attached hydrogens (primary N) is 1. The molecule has 0 aliphatic heterocycles. The van der Waals surface area contributed by atoms with E-state index in [1.807, 2.05) is 0 Å². The molecule has 14 heavy (non-hydrogen) atoms. The zero-order valence-electron chi connectivity index (χ0n) is 7.95. The van der Waals surface area contributed by atoms with Gasteiger partial charge >= 0.3 is 0 Å². The van der Waals surface area contributed by atoms with E-state index >= 15 is 0 Å². The molecule has 0 unspecified atom stereocenters. The molecule has 1 aliphatic rings. The number of carbonyl (C=O) groups excluding carboxylic acids is 1. The first-order chi connectivity index (χ1) is 6.75. The molecule has 74 valence electrons. The average Bonchev–Trinajstić information content (AvgIpc) is 2.61. The van der Waals surface area contributed by atoms with Crippen LogP contribution in [0.4, 0.5) is 0 Å². The summed E-state index contributed by atoms with van der Waals surface area (Å²) in [5, 5.41) is 0. The maximum atomic E-state index is 10.6. The summed E-state index contributed by atoms with van der Waals surface area (Å²) in [4.78, 5) is 11.8. The summed E-state index contributed by atoms with van der Waals surface area (Å²) < 4.78 is 0. The van der Waals surface area contributed by atoms with E-state index in [9.17, 15) is 4.79 Å². The number of hydrogen-bond donors (Lipinski definition) is 1. The van der Waals surface area contributed by atoms with Gasteiger partial charge < -0.3 is 5.73 Å². The molecule has 0 heterocycles. The number of thioether (sulfide) groups is 1. The molecule has 2 rings (SSSR count). The van der Waals surface area contributed by atoms with Gasteiger partial charge in [0.25, 0.3) is 0 Å². The molecule has 0 fully saturated rings. The lowest BCUT2D eigenvalue weighted by molar-refractivity contribution is -0.115. The summed E-state index contributed by atoms with van der Waals surface area (Å²) >= 11 is 1.52. The number of carbonyl (C=O) groups is 1. The Morgan fingerprint density at radius 1 is 1.36 bits per heavy atom. The topological polar surface area (TPSA) is 43.1 Å². The second-order valence-electron chi connectivity index (χ2n) is 3.54. The van der Waals surface area contributed by atoms with Crippen LogP contribution in [0.3, 0.4) is 0 Å². The molecule has 0 saturated carbocycles. The van der Waals surface area contributed by atoms with E-state index < -0.39 is 0 Å². The minimum absolute atomic E-state index is 0.254. The molecule has 3 heteroatoms. The molecule has 0 atom stereocenters. The molecule has 2 N–H and O–H groups in total. The molecule has 1 aromatic rings. The third kappa shape index (κ3) is 2.10. The van der Waals surface area contributed by atoms with Crippen molar-refractivity contribution in [2.45, 2.75) is 24.2 Å². The van der Waals surface area contributed by atoms with Gasteiger partial charge in [0.05, 0.1) is 5.75 Å². The van der Waals surface area contributed by atoms with Gasteiger partial charge in [-0.25, -0.2) is 0 Å². The highest BCUT2D eigenvalue weighted by atomic mass is 32.2. The smallest absolute Gasteiger partial charge is 0.227 e. The van der Waals surface area contributed by atoms with Gasteiger partial charge in [0.15, 0.2) is 0 Å². The van der Waals surface area contributed by atoms with E-state index in [4.69, 9.17) is 5.73 Å². The van der Waals surface area contributed by atoms with Gasteiger partial charge in [0.2, 0.25) is 5.91 Å². The van der Waals surface area contributed by atoms with Crippen molar-refractivity contribution in [3.8, 4) is 0 Å². The maximum absolute atomic E-state index is 10.6. The number of aryl methyl sites for hydroxylation is 2. The van der Waals surface area contributed by atoms with Crippen LogP contribution in [0.1, 0.15) is 17.5 Å². The normalized spacial score (nSPS) is 14.0. The Labute approximate surface area is 87.9 Å². The molecule has 2 nitrogen and oxygen atoms in total. The van der Waals surface area contributed by atoms with Crippen LogP contribution in [0, 0.1) is 0 Å². The Bertz CT molecular complexity index is 362. The molecule has 0 saturated heterocycles. The Hall–Kier alpha value is -0.960. The maximum Gasteiger partial charge on any atom is 0.227 e. The number of benzene rings is 1. The monoisotopic (exact) mass is 207 g/mol. The molecule has 1 aromatic carbocycles. The summed E-state index contributed by atoms with van der Waals surface area (Å²) in [7, 11) is 0. The first-order valence-corrected chi connectivity index (χ1v) is 5.77. The van der Waals surface area contributed by atoms with Crippen LogP contribution < -0.4 is 5.73 Å². The summed E-state index contributed by atoms with van der Waals surface area (Å²) in [5.74, 6) is 0.120. The molecule has 1 amide bonds. The second-order valence-corrected chi connectivity index (χ2v) is 4.59. The van der Waals surface area contributed by atoms with Crippen molar-refractivity contribution in [2.24, 2.45) is 5.73 Å². The number of rotatable bonds is 3. The van der Waals surface area contributed by atoms with E-state index in [2.05, 4.69) is 18.2 Å². The van der Waals surface area contributed by atoms with Crippen molar-refractivity contribution in [1.29, 1.82) is 0 Å². The summed E-state index contributed by atoms with van der Waals surface area (Å²) in [6.45, 7) is 0. The first-order valence-electron chi connectivity index (χ1n) is 4.78. The predicted octanol–water partition coefficient (Wildman–Crippen LogP) is 1.75. The lowest BCUT2D eigenvalue weighted by atomic mass is 10.1. The van der Waals surface area contributed by atoms with Gasteiger partial charge in [-0.3, -0.25) is 4.79 Å². The SMILES string of the molecule is NC(=O)CSc1ccc2c(c1)CCC2. The van der Waals surface area contributed by atoms with Crippen LogP contribution in [0.2, 0.25) is 0 Å². The highest BCUT2D eigenvalue weighted by Crippen LogP contribution is 2.27. The van der Waals surface area contributed by atoms with Crippen molar-refractivity contribution in [3.63, 3.8) is 0 Å². The van der Waals surface area contributed by atoms with Crippen molar-refractivity contribution in [3.05, 3.63) is 29.3 Å². The van der Waals surface area contributed by atoms with E-state index in [1.54, 1.807) is 0 Å². The average molecular weight is 207 g/mol. The second kappa shape index (κ2) is 4.05. The van der Waals surface area contributed by atoms with Crippen molar-refractivity contribution in [2.75, 3.05) is 5.75 Å². The first kappa shape index (κ1) is 9.59. The number of fused-ring (bicyclic) bond motifs is 1. The molecular formula is C11H13NOS. The standard InChI is InChI=1S/C11H13NOS/c12-11(13)7-14-10-5-4-8-2-1-3-9(8)6-10/h4-6H,1-3,7H2,(H2,12,13). The van der Waals surface area contributed by atoms with Gasteiger partial charge in [0.1, 0.15) is 0 Å². The molecule has 0 aromatic heterocycles. The number of hydrogen-bond acceptors (Lipinski definition) is 2. The van der Waals surface area contributed by atoms with Crippen LogP contribution in [-0.4, -0.2) is 11.7 Å². The van der Waals surface area contributed by atoms with Crippen LogP contribution in [0.25, 0.3) is 0 Å².